The lowest BCUT2D eigenvalue weighted by Crippen LogP contribution is -2.28. The van der Waals surface area contributed by atoms with E-state index >= 15 is 0 Å². The van der Waals surface area contributed by atoms with Crippen LogP contribution in [0.15, 0.2) is 41.1 Å². The summed E-state index contributed by atoms with van der Waals surface area (Å²) in [6.07, 6.45) is 0.530. The molecule has 2 heterocycles. The Morgan fingerprint density at radius 2 is 1.96 bits per heavy atom. The number of aromatic nitrogens is 1. The van der Waals surface area contributed by atoms with E-state index < -0.39 is 0 Å². The molecule has 0 aliphatic heterocycles. The van der Waals surface area contributed by atoms with Crippen LogP contribution in [0.2, 0.25) is 0 Å². The van der Waals surface area contributed by atoms with Gasteiger partial charge in [-0.1, -0.05) is 23.8 Å². The fourth-order valence-corrected chi connectivity index (χ4v) is 4.20. The molecule has 0 radical (unpaired) electrons. The molecule has 2 amide bonds. The number of rotatable bonds is 6. The summed E-state index contributed by atoms with van der Waals surface area (Å²) >= 11 is 2.89. The lowest BCUT2D eigenvalue weighted by molar-refractivity contribution is -0.118. The smallest absolute Gasteiger partial charge is 0.232 e. The zero-order valence-corrected chi connectivity index (χ0v) is 17.1. The summed E-state index contributed by atoms with van der Waals surface area (Å²) in [5.74, 6) is -0.138. The van der Waals surface area contributed by atoms with Gasteiger partial charge in [-0.05, 0) is 36.9 Å². The quantitative estimate of drug-likeness (QED) is 0.675. The van der Waals surface area contributed by atoms with E-state index in [4.69, 9.17) is 0 Å². The number of nitrogens with zero attached hydrogens (tertiary/aromatic N) is 2. The van der Waals surface area contributed by atoms with Crippen molar-refractivity contribution in [2.75, 3.05) is 17.3 Å². The Morgan fingerprint density at radius 3 is 2.67 bits per heavy atom. The van der Waals surface area contributed by atoms with Gasteiger partial charge in [0.25, 0.3) is 0 Å². The number of likely N-dealkylation sites (N-methyl/N-ethyl adjacent to an activating group) is 1. The monoisotopic (exact) mass is 399 g/mol. The summed E-state index contributed by atoms with van der Waals surface area (Å²) in [5.41, 5.74) is 3.78. The third-order valence-electron chi connectivity index (χ3n) is 4.13. The van der Waals surface area contributed by atoms with Gasteiger partial charge in [-0.25, -0.2) is 4.98 Å². The Labute approximate surface area is 166 Å². The number of benzene rings is 1. The third-order valence-corrected chi connectivity index (χ3v) is 5.82. The molecule has 0 saturated heterocycles. The number of anilines is 2. The van der Waals surface area contributed by atoms with Crippen molar-refractivity contribution in [2.45, 2.75) is 26.7 Å². The van der Waals surface area contributed by atoms with E-state index in [2.05, 4.69) is 16.4 Å². The number of carbonyl (C=O) groups excluding carboxylic acids is 2. The first kappa shape index (κ1) is 19.3. The highest BCUT2D eigenvalue weighted by molar-refractivity contribution is 7.14. The average molecular weight is 400 g/mol. The van der Waals surface area contributed by atoms with Crippen LogP contribution in [0.1, 0.15) is 21.7 Å². The summed E-state index contributed by atoms with van der Waals surface area (Å²) in [4.78, 5) is 31.7. The first-order chi connectivity index (χ1) is 12.9. The Bertz CT molecular complexity index is 948. The number of thiazole rings is 1. The van der Waals surface area contributed by atoms with E-state index in [0.29, 0.717) is 17.2 Å². The number of nitrogens with one attached hydrogen (secondary N) is 1. The topological polar surface area (TPSA) is 62.3 Å². The van der Waals surface area contributed by atoms with Gasteiger partial charge >= 0.3 is 0 Å². The molecular formula is C20H21N3O2S2. The maximum Gasteiger partial charge on any atom is 0.232 e. The number of hydrogen-bond donors (Lipinski definition) is 1. The molecule has 3 rings (SSSR count). The van der Waals surface area contributed by atoms with Gasteiger partial charge in [-0.2, -0.15) is 0 Å². The summed E-state index contributed by atoms with van der Waals surface area (Å²) in [7, 11) is 1.77. The molecule has 5 nitrogen and oxygen atoms in total. The summed E-state index contributed by atoms with van der Waals surface area (Å²) in [6, 6.07) is 9.87. The second-order valence-corrected chi connectivity index (χ2v) is 8.26. The minimum Gasteiger partial charge on any atom is -0.315 e. The molecule has 0 atom stereocenters. The zero-order valence-electron chi connectivity index (χ0n) is 15.5. The largest absolute Gasteiger partial charge is 0.315 e. The highest BCUT2D eigenvalue weighted by Crippen LogP contribution is 2.22. The maximum absolute atomic E-state index is 12.6. The summed E-state index contributed by atoms with van der Waals surface area (Å²) in [6.45, 7) is 4.03. The predicted molar refractivity (Wildman–Crippen MR) is 112 cm³/mol. The van der Waals surface area contributed by atoms with Gasteiger partial charge in [-0.15, -0.1) is 22.7 Å². The normalized spacial score (nSPS) is 10.6. The molecule has 27 heavy (non-hydrogen) atoms. The molecule has 0 aliphatic carbocycles. The van der Waals surface area contributed by atoms with Crippen LogP contribution in [-0.2, 0) is 22.4 Å². The molecule has 0 fully saturated rings. The van der Waals surface area contributed by atoms with Crippen molar-refractivity contribution in [3.05, 3.63) is 62.8 Å². The van der Waals surface area contributed by atoms with Crippen molar-refractivity contribution >= 4 is 45.3 Å². The molecule has 0 unspecified atom stereocenters. The molecule has 1 aromatic carbocycles. The fraction of sp³-hybridized carbons (Fsp3) is 0.250. The van der Waals surface area contributed by atoms with Gasteiger partial charge in [0.05, 0.1) is 18.5 Å². The van der Waals surface area contributed by atoms with Crippen molar-refractivity contribution in [1.29, 1.82) is 0 Å². The van der Waals surface area contributed by atoms with Gasteiger partial charge in [0.15, 0.2) is 5.13 Å². The van der Waals surface area contributed by atoms with Crippen LogP contribution in [0.4, 0.5) is 10.8 Å². The molecular weight excluding hydrogens is 378 g/mol. The second-order valence-electron chi connectivity index (χ2n) is 6.37. The molecule has 3 aromatic rings. The molecule has 0 bridgehead atoms. The summed E-state index contributed by atoms with van der Waals surface area (Å²) < 4.78 is 0. The molecule has 1 N–H and O–H groups in total. The highest BCUT2D eigenvalue weighted by Gasteiger charge is 2.16. The first-order valence-electron chi connectivity index (χ1n) is 8.53. The Balaban J connectivity index is 1.59. The number of amides is 2. The lowest BCUT2D eigenvalue weighted by atomic mass is 10.1. The van der Waals surface area contributed by atoms with Crippen molar-refractivity contribution in [1.82, 2.24) is 4.98 Å². The van der Waals surface area contributed by atoms with E-state index in [1.165, 1.54) is 16.9 Å². The molecule has 140 valence electrons. The lowest BCUT2D eigenvalue weighted by Gasteiger charge is -2.19. The van der Waals surface area contributed by atoms with Crippen LogP contribution in [-0.4, -0.2) is 23.8 Å². The third kappa shape index (κ3) is 5.02. The van der Waals surface area contributed by atoms with Gasteiger partial charge in [0, 0.05) is 23.0 Å². The van der Waals surface area contributed by atoms with Gasteiger partial charge < -0.3 is 10.2 Å². The van der Waals surface area contributed by atoms with Crippen molar-refractivity contribution in [2.24, 2.45) is 0 Å². The predicted octanol–water partition coefficient (Wildman–Crippen LogP) is 4.21. The van der Waals surface area contributed by atoms with Crippen LogP contribution < -0.4 is 10.2 Å². The maximum atomic E-state index is 12.6. The van der Waals surface area contributed by atoms with E-state index in [1.54, 1.807) is 23.3 Å². The average Bonchev–Trinajstić information content (AvgIpc) is 3.26. The zero-order chi connectivity index (χ0) is 19.4. The number of hydrogen-bond acceptors (Lipinski definition) is 5. The standard InChI is InChI=1S/C20H21N3O2S2/c1-13-6-7-17(14(2)9-13)23(3)19(25)10-15-12-27-20(21-15)22-18(24)11-16-5-4-8-26-16/h4-9,12H,10-11H2,1-3H3,(H,21,22,24). The van der Waals surface area contributed by atoms with Crippen LogP contribution in [0, 0.1) is 13.8 Å². The minimum absolute atomic E-state index is 0.0382. The minimum atomic E-state index is -0.0999. The van der Waals surface area contributed by atoms with Gasteiger partial charge in [0.1, 0.15) is 0 Å². The first-order valence-corrected chi connectivity index (χ1v) is 10.3. The SMILES string of the molecule is Cc1ccc(N(C)C(=O)Cc2csc(NC(=O)Cc3cccs3)n2)c(C)c1. The van der Waals surface area contributed by atoms with E-state index in [9.17, 15) is 9.59 Å². The van der Waals surface area contributed by atoms with E-state index in [1.807, 2.05) is 48.9 Å². The van der Waals surface area contributed by atoms with Gasteiger partial charge in [-0.3, -0.25) is 9.59 Å². The molecule has 0 spiro atoms. The number of carbonyl (C=O) groups is 2. The van der Waals surface area contributed by atoms with Crippen LogP contribution >= 0.6 is 22.7 Å². The molecule has 0 saturated carbocycles. The van der Waals surface area contributed by atoms with Crippen LogP contribution in [0.5, 0.6) is 0 Å². The van der Waals surface area contributed by atoms with E-state index in [-0.39, 0.29) is 18.2 Å². The summed E-state index contributed by atoms with van der Waals surface area (Å²) in [5, 5.41) is 7.08. The van der Waals surface area contributed by atoms with Crippen LogP contribution in [0.3, 0.4) is 0 Å². The van der Waals surface area contributed by atoms with Gasteiger partial charge in [0.2, 0.25) is 11.8 Å². The Morgan fingerprint density at radius 1 is 1.15 bits per heavy atom. The Kier molecular flexibility index (Phi) is 6.03. The van der Waals surface area contributed by atoms with E-state index in [0.717, 1.165) is 16.1 Å². The molecule has 7 heteroatoms. The molecule has 2 aromatic heterocycles. The van der Waals surface area contributed by atoms with Crippen molar-refractivity contribution in [3.63, 3.8) is 0 Å². The van der Waals surface area contributed by atoms with Crippen molar-refractivity contribution < 1.29 is 9.59 Å². The van der Waals surface area contributed by atoms with Crippen molar-refractivity contribution in [3.8, 4) is 0 Å². The van der Waals surface area contributed by atoms with Crippen LogP contribution in [0.25, 0.3) is 0 Å². The molecule has 0 aliphatic rings. The number of aryl methyl sites for hydroxylation is 2. The number of thiophene rings is 1. The highest BCUT2D eigenvalue weighted by atomic mass is 32.1. The Hall–Kier alpha value is -2.51. The second kappa shape index (κ2) is 8.45. The fourth-order valence-electron chi connectivity index (χ4n) is 2.77.